The Morgan fingerprint density at radius 1 is 1.44 bits per heavy atom. The van der Waals surface area contributed by atoms with Crippen molar-refractivity contribution in [3.05, 3.63) is 23.8 Å². The van der Waals surface area contributed by atoms with Gasteiger partial charge in [-0.25, -0.2) is 18.4 Å². The van der Waals surface area contributed by atoms with E-state index in [2.05, 4.69) is 5.32 Å². The first-order chi connectivity index (χ1) is 8.21. The molecule has 1 aromatic rings. The summed E-state index contributed by atoms with van der Waals surface area (Å²) in [6.07, 6.45) is 0. The molecular formula is C11H16N2O4S. The number of anilines is 1. The van der Waals surface area contributed by atoms with Crippen molar-refractivity contribution in [1.29, 1.82) is 0 Å². The number of carboxylic acids is 1. The molecule has 6 nitrogen and oxygen atoms in total. The Morgan fingerprint density at radius 3 is 2.50 bits per heavy atom. The van der Waals surface area contributed by atoms with Gasteiger partial charge < -0.3 is 10.4 Å². The lowest BCUT2D eigenvalue weighted by Gasteiger charge is -2.12. The molecule has 1 aromatic carbocycles. The Morgan fingerprint density at radius 2 is 2.06 bits per heavy atom. The molecular weight excluding hydrogens is 256 g/mol. The molecule has 0 atom stereocenters. The third-order valence-electron chi connectivity index (χ3n) is 2.25. The molecule has 4 N–H and O–H groups in total. The molecule has 0 bridgehead atoms. The van der Waals surface area contributed by atoms with Crippen LogP contribution in [-0.2, 0) is 10.0 Å². The molecule has 0 saturated carbocycles. The summed E-state index contributed by atoms with van der Waals surface area (Å²) in [5, 5.41) is 17.0. The first-order valence-electron chi connectivity index (χ1n) is 5.36. The van der Waals surface area contributed by atoms with Gasteiger partial charge in [-0.2, -0.15) is 0 Å². The molecule has 0 aliphatic rings. The van der Waals surface area contributed by atoms with Crippen LogP contribution in [0.4, 0.5) is 5.69 Å². The Balaban J connectivity index is 3.17. The van der Waals surface area contributed by atoms with Crippen molar-refractivity contribution in [2.45, 2.75) is 18.7 Å². The minimum absolute atomic E-state index is 0.109. The highest BCUT2D eigenvalue weighted by Gasteiger charge is 2.15. The topological polar surface area (TPSA) is 109 Å². The van der Waals surface area contributed by atoms with Gasteiger partial charge in [0.25, 0.3) is 0 Å². The Hall–Kier alpha value is -1.60. The maximum atomic E-state index is 11.1. The maximum absolute atomic E-state index is 11.1. The highest BCUT2D eigenvalue weighted by atomic mass is 32.2. The molecule has 0 saturated heterocycles. The minimum atomic E-state index is -3.90. The number of carboxylic acid groups (broad SMARTS) is 1. The molecule has 0 aliphatic carbocycles. The molecule has 0 radical (unpaired) electrons. The molecule has 0 fully saturated rings. The zero-order valence-corrected chi connectivity index (χ0v) is 11.0. The second-order valence-corrected chi connectivity index (χ2v) is 5.89. The summed E-state index contributed by atoms with van der Waals surface area (Å²) >= 11 is 0. The Kier molecular flexibility index (Phi) is 4.31. The fraction of sp³-hybridized carbons (Fsp3) is 0.364. The van der Waals surface area contributed by atoms with Gasteiger partial charge in [-0.1, -0.05) is 13.8 Å². The number of hydrogen-bond donors (Lipinski definition) is 3. The fourth-order valence-electron chi connectivity index (χ4n) is 1.35. The Labute approximate surface area is 106 Å². The molecule has 0 amide bonds. The van der Waals surface area contributed by atoms with Gasteiger partial charge in [0.15, 0.2) is 0 Å². The molecule has 0 unspecified atom stereocenters. The minimum Gasteiger partial charge on any atom is -0.478 e. The summed E-state index contributed by atoms with van der Waals surface area (Å²) in [4.78, 5) is 10.9. The lowest BCUT2D eigenvalue weighted by atomic mass is 10.1. The predicted molar refractivity (Wildman–Crippen MR) is 68.1 cm³/mol. The van der Waals surface area contributed by atoms with Crippen molar-refractivity contribution in [3.8, 4) is 0 Å². The van der Waals surface area contributed by atoms with Crippen molar-refractivity contribution < 1.29 is 18.3 Å². The van der Waals surface area contributed by atoms with E-state index in [0.29, 0.717) is 18.2 Å². The predicted octanol–water partition coefficient (Wildman–Crippen LogP) is 1.10. The summed E-state index contributed by atoms with van der Waals surface area (Å²) in [6.45, 7) is 4.55. The molecule has 100 valence electrons. The molecule has 0 heterocycles. The van der Waals surface area contributed by atoms with E-state index in [1.807, 2.05) is 13.8 Å². The molecule has 0 aromatic heterocycles. The molecule has 7 heteroatoms. The number of carbonyl (C=O) groups is 1. The van der Waals surface area contributed by atoms with E-state index in [4.69, 9.17) is 10.2 Å². The highest BCUT2D eigenvalue weighted by Crippen LogP contribution is 2.20. The van der Waals surface area contributed by atoms with Crippen LogP contribution in [0.3, 0.4) is 0 Å². The lowest BCUT2D eigenvalue weighted by Crippen LogP contribution is -2.15. The maximum Gasteiger partial charge on any atom is 0.337 e. The van der Waals surface area contributed by atoms with Crippen molar-refractivity contribution in [1.82, 2.24) is 0 Å². The van der Waals surface area contributed by atoms with Gasteiger partial charge in [0.05, 0.1) is 10.5 Å². The van der Waals surface area contributed by atoms with E-state index in [0.717, 1.165) is 6.07 Å². The zero-order valence-electron chi connectivity index (χ0n) is 10.2. The summed E-state index contributed by atoms with van der Waals surface area (Å²) in [7, 11) is -3.90. The summed E-state index contributed by atoms with van der Waals surface area (Å²) in [6, 6.07) is 3.75. The van der Waals surface area contributed by atoms with Crippen LogP contribution in [0.1, 0.15) is 24.2 Å². The van der Waals surface area contributed by atoms with Gasteiger partial charge in [0.1, 0.15) is 0 Å². The van der Waals surface area contributed by atoms with E-state index in [1.54, 1.807) is 0 Å². The average molecular weight is 272 g/mol. The monoisotopic (exact) mass is 272 g/mol. The molecule has 0 spiro atoms. The second-order valence-electron chi connectivity index (χ2n) is 4.33. The van der Waals surface area contributed by atoms with Gasteiger partial charge in [0, 0.05) is 12.2 Å². The number of primary sulfonamides is 1. The third kappa shape index (κ3) is 3.71. The summed E-state index contributed by atoms with van der Waals surface area (Å²) in [5.41, 5.74) is 0.269. The number of benzene rings is 1. The van der Waals surface area contributed by atoms with Crippen LogP contribution >= 0.6 is 0 Å². The van der Waals surface area contributed by atoms with Crippen LogP contribution in [0.5, 0.6) is 0 Å². The summed E-state index contributed by atoms with van der Waals surface area (Å²) in [5.74, 6) is -0.865. The fourth-order valence-corrected chi connectivity index (χ4v) is 1.89. The first-order valence-corrected chi connectivity index (χ1v) is 6.90. The van der Waals surface area contributed by atoms with Crippen LogP contribution in [0, 0.1) is 5.92 Å². The zero-order chi connectivity index (χ0) is 13.9. The number of sulfonamides is 1. The van der Waals surface area contributed by atoms with E-state index < -0.39 is 16.0 Å². The van der Waals surface area contributed by atoms with Crippen molar-refractivity contribution in [2.75, 3.05) is 11.9 Å². The van der Waals surface area contributed by atoms with Crippen molar-refractivity contribution >= 4 is 21.7 Å². The van der Waals surface area contributed by atoms with Crippen LogP contribution in [0.25, 0.3) is 0 Å². The number of hydrogen-bond acceptors (Lipinski definition) is 4. The van der Waals surface area contributed by atoms with E-state index in [9.17, 15) is 13.2 Å². The molecule has 1 rings (SSSR count). The largest absolute Gasteiger partial charge is 0.478 e. The normalized spacial score (nSPS) is 11.6. The van der Waals surface area contributed by atoms with Crippen LogP contribution < -0.4 is 10.5 Å². The SMILES string of the molecule is CC(C)CNc1ccc(S(N)(=O)=O)cc1C(=O)O. The summed E-state index contributed by atoms with van der Waals surface area (Å²) < 4.78 is 22.3. The van der Waals surface area contributed by atoms with Gasteiger partial charge in [0.2, 0.25) is 10.0 Å². The molecule has 18 heavy (non-hydrogen) atoms. The van der Waals surface area contributed by atoms with Crippen LogP contribution in [0.2, 0.25) is 0 Å². The van der Waals surface area contributed by atoms with Gasteiger partial charge in [-0.15, -0.1) is 0 Å². The van der Waals surface area contributed by atoms with E-state index in [1.165, 1.54) is 12.1 Å². The number of nitrogens with one attached hydrogen (secondary N) is 1. The standard InChI is InChI=1S/C11H16N2O4S/c1-7(2)6-13-10-4-3-8(18(12,16)17)5-9(10)11(14)15/h3-5,7,13H,6H2,1-2H3,(H,14,15)(H2,12,16,17). The average Bonchev–Trinajstić information content (AvgIpc) is 2.24. The van der Waals surface area contributed by atoms with Gasteiger partial charge >= 0.3 is 5.97 Å². The van der Waals surface area contributed by atoms with Crippen LogP contribution in [-0.4, -0.2) is 26.0 Å². The number of aromatic carboxylic acids is 1. The van der Waals surface area contributed by atoms with Crippen molar-refractivity contribution in [2.24, 2.45) is 11.1 Å². The van der Waals surface area contributed by atoms with Crippen molar-refractivity contribution in [3.63, 3.8) is 0 Å². The van der Waals surface area contributed by atoms with E-state index >= 15 is 0 Å². The molecule has 0 aliphatic heterocycles. The number of nitrogens with two attached hydrogens (primary N) is 1. The quantitative estimate of drug-likeness (QED) is 0.743. The first kappa shape index (κ1) is 14.5. The van der Waals surface area contributed by atoms with E-state index in [-0.39, 0.29) is 10.5 Å². The smallest absolute Gasteiger partial charge is 0.337 e. The van der Waals surface area contributed by atoms with Crippen LogP contribution in [0.15, 0.2) is 23.1 Å². The third-order valence-corrected chi connectivity index (χ3v) is 3.16. The number of rotatable bonds is 5. The van der Waals surface area contributed by atoms with Gasteiger partial charge in [-0.05, 0) is 24.1 Å². The Bertz CT molecular complexity index is 552. The lowest BCUT2D eigenvalue weighted by molar-refractivity contribution is 0.0697. The second kappa shape index (κ2) is 5.36. The van der Waals surface area contributed by atoms with Gasteiger partial charge in [-0.3, -0.25) is 0 Å². The highest BCUT2D eigenvalue weighted by molar-refractivity contribution is 7.89.